The van der Waals surface area contributed by atoms with Crippen LogP contribution in [0.15, 0.2) is 56.0 Å². The molecule has 92 valence electrons. The molecule has 0 aliphatic carbocycles. The Balaban J connectivity index is 1.96. The van der Waals surface area contributed by atoms with Crippen LogP contribution in [0, 0.1) is 0 Å². The lowest BCUT2D eigenvalue weighted by atomic mass is 10.3. The van der Waals surface area contributed by atoms with Gasteiger partial charge in [0.05, 0.1) is 0 Å². The molecule has 1 heterocycles. The van der Waals surface area contributed by atoms with E-state index in [0.717, 1.165) is 10.2 Å². The van der Waals surface area contributed by atoms with Crippen molar-refractivity contribution >= 4 is 49.5 Å². The SMILES string of the molecule is O=C(/C=C/c1ccc(Br)o1)Nc1ccc(Br)cc1. The Kier molecular flexibility index (Phi) is 4.38. The molecule has 0 saturated heterocycles. The van der Waals surface area contributed by atoms with Gasteiger partial charge in [0.1, 0.15) is 5.76 Å². The number of hydrogen-bond donors (Lipinski definition) is 1. The van der Waals surface area contributed by atoms with Gasteiger partial charge in [-0.1, -0.05) is 15.9 Å². The third kappa shape index (κ3) is 3.85. The number of halogens is 2. The first kappa shape index (κ1) is 13.1. The number of anilines is 1. The zero-order valence-electron chi connectivity index (χ0n) is 9.19. The van der Waals surface area contributed by atoms with E-state index in [4.69, 9.17) is 4.42 Å². The molecule has 0 radical (unpaired) electrons. The monoisotopic (exact) mass is 369 g/mol. The van der Waals surface area contributed by atoms with Crippen LogP contribution >= 0.6 is 31.9 Å². The Bertz CT molecular complexity index is 573. The maximum atomic E-state index is 11.6. The van der Waals surface area contributed by atoms with Gasteiger partial charge in [0.15, 0.2) is 4.67 Å². The molecule has 0 spiro atoms. The Morgan fingerprint density at radius 1 is 1.11 bits per heavy atom. The van der Waals surface area contributed by atoms with Gasteiger partial charge in [-0.05, 0) is 58.4 Å². The second-order valence-electron chi connectivity index (χ2n) is 3.47. The van der Waals surface area contributed by atoms with Gasteiger partial charge in [-0.25, -0.2) is 0 Å². The fourth-order valence-electron chi connectivity index (χ4n) is 1.29. The first-order valence-corrected chi connectivity index (χ1v) is 6.72. The van der Waals surface area contributed by atoms with Crippen molar-refractivity contribution in [3.63, 3.8) is 0 Å². The Labute approximate surface area is 121 Å². The van der Waals surface area contributed by atoms with Gasteiger partial charge in [-0.3, -0.25) is 4.79 Å². The summed E-state index contributed by atoms with van der Waals surface area (Å²) in [6, 6.07) is 10.9. The summed E-state index contributed by atoms with van der Waals surface area (Å²) in [5.41, 5.74) is 0.744. The standard InChI is InChI=1S/C13H9Br2NO2/c14-9-1-3-10(4-2-9)16-13(17)8-6-11-5-7-12(15)18-11/h1-8H,(H,16,17)/b8-6+. The number of furan rings is 1. The zero-order valence-corrected chi connectivity index (χ0v) is 12.4. The van der Waals surface area contributed by atoms with Crippen molar-refractivity contribution in [3.8, 4) is 0 Å². The molecule has 1 amide bonds. The van der Waals surface area contributed by atoms with E-state index in [1.54, 1.807) is 18.2 Å². The average Bonchev–Trinajstić information content (AvgIpc) is 2.76. The molecule has 1 N–H and O–H groups in total. The molecule has 2 rings (SSSR count). The van der Waals surface area contributed by atoms with Crippen LogP contribution in [0.3, 0.4) is 0 Å². The fraction of sp³-hybridized carbons (Fsp3) is 0. The van der Waals surface area contributed by atoms with E-state index in [2.05, 4.69) is 37.2 Å². The first-order valence-electron chi connectivity index (χ1n) is 5.13. The molecule has 0 atom stereocenters. The van der Waals surface area contributed by atoms with Crippen molar-refractivity contribution in [1.29, 1.82) is 0 Å². The van der Waals surface area contributed by atoms with Gasteiger partial charge in [0.2, 0.25) is 5.91 Å². The van der Waals surface area contributed by atoms with Gasteiger partial charge < -0.3 is 9.73 Å². The smallest absolute Gasteiger partial charge is 0.248 e. The summed E-state index contributed by atoms with van der Waals surface area (Å²) in [5.74, 6) is 0.415. The van der Waals surface area contributed by atoms with Crippen LogP contribution in [0.2, 0.25) is 0 Å². The summed E-state index contributed by atoms with van der Waals surface area (Å²) in [7, 11) is 0. The number of carbonyl (C=O) groups is 1. The highest BCUT2D eigenvalue weighted by atomic mass is 79.9. The second-order valence-corrected chi connectivity index (χ2v) is 5.17. The van der Waals surface area contributed by atoms with E-state index in [1.807, 2.05) is 24.3 Å². The molecule has 0 bridgehead atoms. The van der Waals surface area contributed by atoms with E-state index in [9.17, 15) is 4.79 Å². The van der Waals surface area contributed by atoms with E-state index in [-0.39, 0.29) is 5.91 Å². The van der Waals surface area contributed by atoms with Crippen LogP contribution in [0.1, 0.15) is 5.76 Å². The van der Waals surface area contributed by atoms with Crippen molar-refractivity contribution in [1.82, 2.24) is 0 Å². The van der Waals surface area contributed by atoms with Crippen LogP contribution in [-0.2, 0) is 4.79 Å². The topological polar surface area (TPSA) is 42.2 Å². The van der Waals surface area contributed by atoms with Crippen LogP contribution in [0.25, 0.3) is 6.08 Å². The lowest BCUT2D eigenvalue weighted by Gasteiger charge is -2.01. The van der Waals surface area contributed by atoms with E-state index in [0.29, 0.717) is 10.4 Å². The van der Waals surface area contributed by atoms with Gasteiger partial charge in [-0.2, -0.15) is 0 Å². The van der Waals surface area contributed by atoms with Gasteiger partial charge in [0, 0.05) is 16.2 Å². The number of hydrogen-bond acceptors (Lipinski definition) is 2. The van der Waals surface area contributed by atoms with Crippen molar-refractivity contribution in [3.05, 3.63) is 57.4 Å². The molecule has 0 aliphatic heterocycles. The van der Waals surface area contributed by atoms with Crippen LogP contribution in [-0.4, -0.2) is 5.91 Å². The molecular weight excluding hydrogens is 362 g/mol. The molecule has 0 fully saturated rings. The third-order valence-corrected chi connectivity index (χ3v) is 3.06. The van der Waals surface area contributed by atoms with Crippen molar-refractivity contribution in [2.75, 3.05) is 5.32 Å². The molecule has 5 heteroatoms. The Hall–Kier alpha value is -1.33. The minimum absolute atomic E-state index is 0.204. The van der Waals surface area contributed by atoms with Crippen molar-refractivity contribution in [2.45, 2.75) is 0 Å². The van der Waals surface area contributed by atoms with Crippen molar-refractivity contribution < 1.29 is 9.21 Å². The lowest BCUT2D eigenvalue weighted by molar-refractivity contribution is -0.111. The predicted octanol–water partition coefficient (Wildman–Crippen LogP) is 4.46. The van der Waals surface area contributed by atoms with Crippen LogP contribution in [0.5, 0.6) is 0 Å². The summed E-state index contributed by atoms with van der Waals surface area (Å²) in [6.07, 6.45) is 3.03. The maximum Gasteiger partial charge on any atom is 0.248 e. The second kappa shape index (κ2) is 6.02. The number of amides is 1. The minimum atomic E-state index is -0.204. The summed E-state index contributed by atoms with van der Waals surface area (Å²) in [4.78, 5) is 11.6. The molecule has 1 aromatic carbocycles. The normalized spacial score (nSPS) is 10.8. The number of nitrogens with one attached hydrogen (secondary N) is 1. The number of carbonyl (C=O) groups excluding carboxylic acids is 1. The highest BCUT2D eigenvalue weighted by molar-refractivity contribution is 9.10. The highest BCUT2D eigenvalue weighted by Gasteiger charge is 1.99. The number of rotatable bonds is 3. The highest BCUT2D eigenvalue weighted by Crippen LogP contribution is 2.16. The molecule has 2 aromatic rings. The third-order valence-electron chi connectivity index (χ3n) is 2.10. The molecule has 1 aromatic heterocycles. The molecule has 0 saturated carbocycles. The van der Waals surface area contributed by atoms with E-state index >= 15 is 0 Å². The van der Waals surface area contributed by atoms with Gasteiger partial charge >= 0.3 is 0 Å². The molecule has 0 aliphatic rings. The number of benzene rings is 1. The summed E-state index contributed by atoms with van der Waals surface area (Å²) in [6.45, 7) is 0. The predicted molar refractivity (Wildman–Crippen MR) is 78.2 cm³/mol. The first-order chi connectivity index (χ1) is 8.63. The maximum absolute atomic E-state index is 11.6. The van der Waals surface area contributed by atoms with E-state index < -0.39 is 0 Å². The lowest BCUT2D eigenvalue weighted by Crippen LogP contribution is -2.07. The fourth-order valence-corrected chi connectivity index (χ4v) is 1.88. The van der Waals surface area contributed by atoms with Crippen LogP contribution in [0.4, 0.5) is 5.69 Å². The summed E-state index contributed by atoms with van der Waals surface area (Å²) < 4.78 is 6.85. The van der Waals surface area contributed by atoms with E-state index in [1.165, 1.54) is 6.08 Å². The molecule has 18 heavy (non-hydrogen) atoms. The van der Waals surface area contributed by atoms with Gasteiger partial charge in [-0.15, -0.1) is 0 Å². The summed E-state index contributed by atoms with van der Waals surface area (Å²) >= 11 is 6.53. The molecule has 0 unspecified atom stereocenters. The molecule has 3 nitrogen and oxygen atoms in total. The van der Waals surface area contributed by atoms with Gasteiger partial charge in [0.25, 0.3) is 0 Å². The quantitative estimate of drug-likeness (QED) is 0.810. The summed E-state index contributed by atoms with van der Waals surface area (Å²) in [5, 5.41) is 2.75. The Morgan fingerprint density at radius 3 is 2.44 bits per heavy atom. The Morgan fingerprint density at radius 2 is 1.83 bits per heavy atom. The average molecular weight is 371 g/mol. The minimum Gasteiger partial charge on any atom is -0.450 e. The van der Waals surface area contributed by atoms with Crippen LogP contribution < -0.4 is 5.32 Å². The zero-order chi connectivity index (χ0) is 13.0. The van der Waals surface area contributed by atoms with Crippen molar-refractivity contribution in [2.24, 2.45) is 0 Å². The molecular formula is C13H9Br2NO2. The largest absolute Gasteiger partial charge is 0.450 e.